The highest BCUT2D eigenvalue weighted by Crippen LogP contribution is 2.24. The molecule has 92 valence electrons. The molecule has 1 aliphatic rings. The number of nitrogens with two attached hydrogens (primary N) is 1. The minimum atomic E-state index is 0.515. The minimum Gasteiger partial charge on any atom is -0.399 e. The predicted molar refractivity (Wildman–Crippen MR) is 76.7 cm³/mol. The first-order valence-corrected chi connectivity index (χ1v) is 6.50. The summed E-state index contributed by atoms with van der Waals surface area (Å²) in [5.74, 6) is 0. The maximum atomic E-state index is 5.80. The van der Waals surface area contributed by atoms with Crippen LogP contribution in [0.2, 0.25) is 0 Å². The van der Waals surface area contributed by atoms with Crippen molar-refractivity contribution in [2.45, 2.75) is 25.3 Å². The van der Waals surface area contributed by atoms with E-state index in [0.717, 1.165) is 24.2 Å². The average Bonchev–Trinajstić information content (AvgIpc) is 2.39. The van der Waals surface area contributed by atoms with Crippen LogP contribution in [0.25, 0.3) is 0 Å². The second kappa shape index (κ2) is 4.73. The van der Waals surface area contributed by atoms with E-state index in [-0.39, 0.29) is 0 Å². The molecule has 1 unspecified atom stereocenters. The van der Waals surface area contributed by atoms with Crippen molar-refractivity contribution in [1.82, 2.24) is 0 Å². The summed E-state index contributed by atoms with van der Waals surface area (Å²) in [6, 6.07) is 17.2. The summed E-state index contributed by atoms with van der Waals surface area (Å²) in [5, 5.41) is 3.58. The third-order valence-corrected chi connectivity index (χ3v) is 3.60. The maximum Gasteiger partial charge on any atom is 0.0363 e. The summed E-state index contributed by atoms with van der Waals surface area (Å²) in [6.45, 7) is 0. The van der Waals surface area contributed by atoms with Crippen LogP contribution in [-0.2, 0) is 12.8 Å². The van der Waals surface area contributed by atoms with Gasteiger partial charge < -0.3 is 11.1 Å². The molecule has 1 aliphatic carbocycles. The second-order valence-corrected chi connectivity index (χ2v) is 4.98. The number of nitrogens with one attached hydrogen (secondary N) is 1. The van der Waals surface area contributed by atoms with Gasteiger partial charge in [-0.3, -0.25) is 0 Å². The van der Waals surface area contributed by atoms with Crippen molar-refractivity contribution in [2.75, 3.05) is 11.1 Å². The molecule has 2 aromatic rings. The number of rotatable bonds is 2. The summed E-state index contributed by atoms with van der Waals surface area (Å²) in [5.41, 5.74) is 10.7. The topological polar surface area (TPSA) is 38.0 Å². The third-order valence-electron chi connectivity index (χ3n) is 3.60. The van der Waals surface area contributed by atoms with Gasteiger partial charge in [0.1, 0.15) is 0 Å². The fourth-order valence-electron chi connectivity index (χ4n) is 2.69. The number of benzene rings is 2. The molecule has 0 heterocycles. The number of hydrogen-bond donors (Lipinski definition) is 2. The van der Waals surface area contributed by atoms with Gasteiger partial charge in [-0.25, -0.2) is 0 Å². The predicted octanol–water partition coefficient (Wildman–Crippen LogP) is 3.24. The molecular formula is C16H18N2. The van der Waals surface area contributed by atoms with Crippen molar-refractivity contribution in [3.63, 3.8) is 0 Å². The summed E-state index contributed by atoms with van der Waals surface area (Å²) < 4.78 is 0. The Labute approximate surface area is 108 Å². The Kier molecular flexibility index (Phi) is 2.93. The molecule has 0 fully saturated rings. The highest BCUT2D eigenvalue weighted by molar-refractivity contribution is 5.54. The summed E-state index contributed by atoms with van der Waals surface area (Å²) in [4.78, 5) is 0. The Morgan fingerprint density at radius 3 is 2.67 bits per heavy atom. The van der Waals surface area contributed by atoms with Gasteiger partial charge in [0.15, 0.2) is 0 Å². The number of nitrogen functional groups attached to an aromatic ring is 1. The second-order valence-electron chi connectivity index (χ2n) is 4.98. The Hall–Kier alpha value is -1.96. The molecule has 3 rings (SSSR count). The van der Waals surface area contributed by atoms with Crippen LogP contribution in [-0.4, -0.2) is 6.04 Å². The van der Waals surface area contributed by atoms with Crippen LogP contribution in [0.3, 0.4) is 0 Å². The zero-order valence-corrected chi connectivity index (χ0v) is 10.4. The van der Waals surface area contributed by atoms with E-state index in [1.54, 1.807) is 0 Å². The molecule has 0 bridgehead atoms. The molecule has 2 aromatic carbocycles. The first-order valence-electron chi connectivity index (χ1n) is 6.50. The summed E-state index contributed by atoms with van der Waals surface area (Å²) in [6.07, 6.45) is 3.45. The number of aryl methyl sites for hydroxylation is 1. The summed E-state index contributed by atoms with van der Waals surface area (Å²) in [7, 11) is 0. The van der Waals surface area contributed by atoms with Crippen molar-refractivity contribution >= 4 is 11.4 Å². The smallest absolute Gasteiger partial charge is 0.0363 e. The van der Waals surface area contributed by atoms with Crippen LogP contribution in [0.4, 0.5) is 11.4 Å². The molecule has 0 aromatic heterocycles. The zero-order valence-electron chi connectivity index (χ0n) is 10.4. The van der Waals surface area contributed by atoms with E-state index in [0.29, 0.717) is 6.04 Å². The molecule has 3 N–H and O–H groups in total. The lowest BCUT2D eigenvalue weighted by Gasteiger charge is -2.26. The quantitative estimate of drug-likeness (QED) is 0.788. The minimum absolute atomic E-state index is 0.515. The highest BCUT2D eigenvalue weighted by atomic mass is 14.9. The molecule has 1 atom stereocenters. The lowest BCUT2D eigenvalue weighted by Crippen LogP contribution is -2.27. The first kappa shape index (κ1) is 11.1. The molecule has 2 nitrogen and oxygen atoms in total. The maximum absolute atomic E-state index is 5.80. The van der Waals surface area contributed by atoms with Gasteiger partial charge >= 0.3 is 0 Å². The average molecular weight is 238 g/mol. The van der Waals surface area contributed by atoms with E-state index in [2.05, 4.69) is 35.6 Å². The third kappa shape index (κ3) is 2.33. The molecule has 0 amide bonds. The van der Waals surface area contributed by atoms with Crippen molar-refractivity contribution in [3.8, 4) is 0 Å². The largest absolute Gasteiger partial charge is 0.399 e. The molecule has 18 heavy (non-hydrogen) atoms. The van der Waals surface area contributed by atoms with Crippen LogP contribution < -0.4 is 11.1 Å². The van der Waals surface area contributed by atoms with E-state index >= 15 is 0 Å². The fourth-order valence-corrected chi connectivity index (χ4v) is 2.69. The Morgan fingerprint density at radius 1 is 1.00 bits per heavy atom. The van der Waals surface area contributed by atoms with Crippen LogP contribution >= 0.6 is 0 Å². The Morgan fingerprint density at radius 2 is 1.83 bits per heavy atom. The van der Waals surface area contributed by atoms with Gasteiger partial charge in [0, 0.05) is 17.4 Å². The van der Waals surface area contributed by atoms with E-state index in [1.165, 1.54) is 17.5 Å². The standard InChI is InChI=1S/C16H18N2/c17-14-6-3-7-15(11-14)18-16-9-8-12-4-1-2-5-13(12)10-16/h1-7,11,16,18H,8-10,17H2. The van der Waals surface area contributed by atoms with Crippen molar-refractivity contribution < 1.29 is 0 Å². The van der Waals surface area contributed by atoms with Crippen molar-refractivity contribution in [3.05, 3.63) is 59.7 Å². The monoisotopic (exact) mass is 238 g/mol. The lowest BCUT2D eigenvalue weighted by molar-refractivity contribution is 0.611. The van der Waals surface area contributed by atoms with Crippen LogP contribution in [0, 0.1) is 0 Å². The fraction of sp³-hybridized carbons (Fsp3) is 0.250. The van der Waals surface area contributed by atoms with Gasteiger partial charge in [0.05, 0.1) is 0 Å². The van der Waals surface area contributed by atoms with Crippen LogP contribution in [0.5, 0.6) is 0 Å². The van der Waals surface area contributed by atoms with Gasteiger partial charge in [0.25, 0.3) is 0 Å². The zero-order chi connectivity index (χ0) is 12.4. The molecule has 0 spiro atoms. The van der Waals surface area contributed by atoms with E-state index < -0.39 is 0 Å². The van der Waals surface area contributed by atoms with Crippen molar-refractivity contribution in [1.29, 1.82) is 0 Å². The Bertz CT molecular complexity index is 548. The molecular weight excluding hydrogens is 220 g/mol. The summed E-state index contributed by atoms with van der Waals surface area (Å²) >= 11 is 0. The van der Waals surface area contributed by atoms with E-state index in [9.17, 15) is 0 Å². The van der Waals surface area contributed by atoms with Crippen molar-refractivity contribution in [2.24, 2.45) is 0 Å². The van der Waals surface area contributed by atoms with Crippen LogP contribution in [0.1, 0.15) is 17.5 Å². The molecule has 0 radical (unpaired) electrons. The Balaban J connectivity index is 1.73. The first-order chi connectivity index (χ1) is 8.81. The highest BCUT2D eigenvalue weighted by Gasteiger charge is 2.17. The van der Waals surface area contributed by atoms with E-state index in [4.69, 9.17) is 5.73 Å². The number of hydrogen-bond acceptors (Lipinski definition) is 2. The molecule has 0 saturated carbocycles. The number of anilines is 2. The van der Waals surface area contributed by atoms with Crippen LogP contribution in [0.15, 0.2) is 48.5 Å². The van der Waals surface area contributed by atoms with Gasteiger partial charge in [-0.05, 0) is 48.6 Å². The van der Waals surface area contributed by atoms with Gasteiger partial charge in [-0.15, -0.1) is 0 Å². The SMILES string of the molecule is Nc1cccc(NC2CCc3ccccc3C2)c1. The molecule has 0 aliphatic heterocycles. The number of fused-ring (bicyclic) bond motifs is 1. The van der Waals surface area contributed by atoms with Gasteiger partial charge in [-0.1, -0.05) is 30.3 Å². The molecule has 0 saturated heterocycles. The van der Waals surface area contributed by atoms with Gasteiger partial charge in [0.2, 0.25) is 0 Å². The lowest BCUT2D eigenvalue weighted by atomic mass is 9.88. The van der Waals surface area contributed by atoms with Gasteiger partial charge in [-0.2, -0.15) is 0 Å². The normalized spacial score (nSPS) is 18.1. The van der Waals surface area contributed by atoms with E-state index in [1.807, 2.05) is 18.2 Å². The molecule has 2 heteroatoms.